The van der Waals surface area contributed by atoms with Gasteiger partial charge < -0.3 is 10.3 Å². The van der Waals surface area contributed by atoms with Crippen molar-refractivity contribution in [1.82, 2.24) is 10.1 Å². The van der Waals surface area contributed by atoms with E-state index in [-0.39, 0.29) is 6.04 Å². The number of hydrogen-bond acceptors (Lipinski definition) is 4. The molecule has 1 aromatic carbocycles. The van der Waals surface area contributed by atoms with E-state index in [1.807, 2.05) is 0 Å². The molecule has 1 heterocycles. The first kappa shape index (κ1) is 15.3. The first-order chi connectivity index (χ1) is 9.44. The first-order valence-electron chi connectivity index (χ1n) is 6.48. The topological polar surface area (TPSA) is 64.9 Å². The van der Waals surface area contributed by atoms with Crippen LogP contribution in [0, 0.1) is 5.92 Å². The molecule has 4 nitrogen and oxygen atoms in total. The molecule has 2 aromatic rings. The highest BCUT2D eigenvalue weighted by Gasteiger charge is 2.14. The summed E-state index contributed by atoms with van der Waals surface area (Å²) in [6.07, 6.45) is 1.49. The van der Waals surface area contributed by atoms with Crippen LogP contribution in [0.5, 0.6) is 0 Å². The molecule has 0 bridgehead atoms. The molecule has 108 valence electrons. The summed E-state index contributed by atoms with van der Waals surface area (Å²) in [5.74, 6) is 1.55. The Kier molecular flexibility index (Phi) is 5.02. The number of nitrogens with two attached hydrogens (primary N) is 1. The summed E-state index contributed by atoms with van der Waals surface area (Å²) < 4.78 is 5.22. The van der Waals surface area contributed by atoms with Crippen molar-refractivity contribution in [3.05, 3.63) is 34.1 Å². The van der Waals surface area contributed by atoms with Gasteiger partial charge in [0.2, 0.25) is 11.7 Å². The SMILES string of the molecule is CC(C)CC(N)Cc1nc(-c2cc(Cl)cc(Cl)c2)no1. The zero-order chi connectivity index (χ0) is 14.7. The van der Waals surface area contributed by atoms with Gasteiger partial charge in [0.05, 0.1) is 0 Å². The van der Waals surface area contributed by atoms with Crippen LogP contribution >= 0.6 is 23.2 Å². The summed E-state index contributed by atoms with van der Waals surface area (Å²) in [5.41, 5.74) is 6.76. The third-order valence-corrected chi connectivity index (χ3v) is 3.24. The Bertz CT molecular complexity index is 563. The van der Waals surface area contributed by atoms with Gasteiger partial charge in [0.15, 0.2) is 0 Å². The Morgan fingerprint density at radius 2 is 1.85 bits per heavy atom. The molecule has 2 rings (SSSR count). The molecule has 0 saturated carbocycles. The number of halogens is 2. The maximum atomic E-state index is 6.03. The van der Waals surface area contributed by atoms with E-state index in [4.69, 9.17) is 33.5 Å². The Morgan fingerprint density at radius 1 is 1.20 bits per heavy atom. The lowest BCUT2D eigenvalue weighted by molar-refractivity contribution is 0.359. The predicted molar refractivity (Wildman–Crippen MR) is 80.9 cm³/mol. The van der Waals surface area contributed by atoms with Gasteiger partial charge in [-0.15, -0.1) is 0 Å². The molecule has 0 spiro atoms. The fourth-order valence-electron chi connectivity index (χ4n) is 2.05. The van der Waals surface area contributed by atoms with Gasteiger partial charge in [0.25, 0.3) is 0 Å². The van der Waals surface area contributed by atoms with Crippen LogP contribution in [-0.2, 0) is 6.42 Å². The first-order valence-corrected chi connectivity index (χ1v) is 7.24. The van der Waals surface area contributed by atoms with E-state index in [0.717, 1.165) is 12.0 Å². The number of rotatable bonds is 5. The maximum Gasteiger partial charge on any atom is 0.228 e. The van der Waals surface area contributed by atoms with Gasteiger partial charge in [-0.25, -0.2) is 0 Å². The molecule has 0 radical (unpaired) electrons. The Labute approximate surface area is 128 Å². The van der Waals surface area contributed by atoms with E-state index in [9.17, 15) is 0 Å². The van der Waals surface area contributed by atoms with Crippen molar-refractivity contribution in [2.45, 2.75) is 32.7 Å². The Morgan fingerprint density at radius 3 is 2.45 bits per heavy atom. The van der Waals surface area contributed by atoms with E-state index in [2.05, 4.69) is 24.0 Å². The van der Waals surface area contributed by atoms with Gasteiger partial charge in [0.1, 0.15) is 0 Å². The zero-order valence-electron chi connectivity index (χ0n) is 11.4. The van der Waals surface area contributed by atoms with Crippen LogP contribution in [-0.4, -0.2) is 16.2 Å². The molecule has 0 aliphatic heterocycles. The molecule has 6 heteroatoms. The van der Waals surface area contributed by atoms with Gasteiger partial charge in [-0.2, -0.15) is 4.98 Å². The summed E-state index contributed by atoms with van der Waals surface area (Å²) in [5, 5.41) is 5.02. The normalized spacial score (nSPS) is 12.9. The van der Waals surface area contributed by atoms with Crippen molar-refractivity contribution in [3.63, 3.8) is 0 Å². The van der Waals surface area contributed by atoms with E-state index >= 15 is 0 Å². The van der Waals surface area contributed by atoms with Crippen molar-refractivity contribution in [2.75, 3.05) is 0 Å². The average molecular weight is 314 g/mol. The van der Waals surface area contributed by atoms with Gasteiger partial charge in [0, 0.05) is 28.1 Å². The van der Waals surface area contributed by atoms with Crippen LogP contribution in [0.3, 0.4) is 0 Å². The maximum absolute atomic E-state index is 6.03. The molecule has 1 atom stereocenters. The van der Waals surface area contributed by atoms with Crippen molar-refractivity contribution >= 4 is 23.2 Å². The highest BCUT2D eigenvalue weighted by Crippen LogP contribution is 2.25. The molecule has 1 unspecified atom stereocenters. The zero-order valence-corrected chi connectivity index (χ0v) is 12.9. The molecular formula is C14H17Cl2N3O. The molecule has 0 aliphatic carbocycles. The van der Waals surface area contributed by atoms with Crippen LogP contribution in [0.4, 0.5) is 0 Å². The van der Waals surface area contributed by atoms with Gasteiger partial charge in [-0.1, -0.05) is 42.2 Å². The van der Waals surface area contributed by atoms with Crippen molar-refractivity contribution in [1.29, 1.82) is 0 Å². The minimum atomic E-state index is 0.0197. The van der Waals surface area contributed by atoms with Gasteiger partial charge >= 0.3 is 0 Å². The fourth-order valence-corrected chi connectivity index (χ4v) is 2.58. The van der Waals surface area contributed by atoms with E-state index in [0.29, 0.717) is 34.1 Å². The second-order valence-electron chi connectivity index (χ2n) is 5.26. The standard InChI is InChI=1S/C14H17Cl2N3O/c1-8(2)3-12(17)7-13-18-14(19-20-13)9-4-10(15)6-11(16)5-9/h4-6,8,12H,3,7,17H2,1-2H3. The minimum Gasteiger partial charge on any atom is -0.339 e. The van der Waals surface area contributed by atoms with Crippen molar-refractivity contribution in [3.8, 4) is 11.4 Å². The number of aromatic nitrogens is 2. The molecular weight excluding hydrogens is 297 g/mol. The average Bonchev–Trinajstić information content (AvgIpc) is 2.74. The van der Waals surface area contributed by atoms with Crippen LogP contribution in [0.1, 0.15) is 26.2 Å². The minimum absolute atomic E-state index is 0.0197. The van der Waals surface area contributed by atoms with E-state index in [1.54, 1.807) is 18.2 Å². The lowest BCUT2D eigenvalue weighted by Crippen LogP contribution is -2.24. The Balaban J connectivity index is 2.12. The second kappa shape index (κ2) is 6.57. The third kappa shape index (κ3) is 4.20. The molecule has 0 fully saturated rings. The van der Waals surface area contributed by atoms with Crippen LogP contribution < -0.4 is 5.73 Å². The molecule has 0 saturated heterocycles. The number of benzene rings is 1. The predicted octanol–water partition coefficient (Wildman–Crippen LogP) is 3.96. The summed E-state index contributed by atoms with van der Waals surface area (Å²) in [7, 11) is 0. The highest BCUT2D eigenvalue weighted by atomic mass is 35.5. The molecule has 1 aromatic heterocycles. The molecule has 20 heavy (non-hydrogen) atoms. The van der Waals surface area contributed by atoms with E-state index < -0.39 is 0 Å². The van der Waals surface area contributed by atoms with Crippen LogP contribution in [0.15, 0.2) is 22.7 Å². The largest absolute Gasteiger partial charge is 0.339 e. The second-order valence-corrected chi connectivity index (χ2v) is 6.14. The van der Waals surface area contributed by atoms with Gasteiger partial charge in [-0.05, 0) is 30.5 Å². The van der Waals surface area contributed by atoms with Gasteiger partial charge in [-0.3, -0.25) is 0 Å². The van der Waals surface area contributed by atoms with Crippen LogP contribution in [0.25, 0.3) is 11.4 Å². The fraction of sp³-hybridized carbons (Fsp3) is 0.429. The van der Waals surface area contributed by atoms with E-state index in [1.165, 1.54) is 0 Å². The van der Waals surface area contributed by atoms with Crippen molar-refractivity contribution in [2.24, 2.45) is 11.7 Å². The van der Waals surface area contributed by atoms with Crippen molar-refractivity contribution < 1.29 is 4.52 Å². The summed E-state index contributed by atoms with van der Waals surface area (Å²) in [6, 6.07) is 5.17. The summed E-state index contributed by atoms with van der Waals surface area (Å²) in [6.45, 7) is 4.26. The summed E-state index contributed by atoms with van der Waals surface area (Å²) >= 11 is 11.9. The monoisotopic (exact) mass is 313 g/mol. The molecule has 2 N–H and O–H groups in total. The molecule has 0 aliphatic rings. The quantitative estimate of drug-likeness (QED) is 0.907. The highest BCUT2D eigenvalue weighted by molar-refractivity contribution is 6.35. The molecule has 0 amide bonds. The number of hydrogen-bond donors (Lipinski definition) is 1. The Hall–Kier alpha value is -1.10. The third-order valence-electron chi connectivity index (χ3n) is 2.80. The number of nitrogens with zero attached hydrogens (tertiary/aromatic N) is 2. The smallest absolute Gasteiger partial charge is 0.228 e. The van der Waals surface area contributed by atoms with Crippen LogP contribution in [0.2, 0.25) is 10.0 Å². The summed E-state index contributed by atoms with van der Waals surface area (Å²) in [4.78, 5) is 4.33. The lowest BCUT2D eigenvalue weighted by Gasteiger charge is -2.10. The lowest BCUT2D eigenvalue weighted by atomic mass is 10.0.